The minimum Gasteiger partial charge on any atom is -0.395 e. The predicted octanol–water partition coefficient (Wildman–Crippen LogP) is 1.85. The molecule has 1 aliphatic rings. The van der Waals surface area contributed by atoms with Gasteiger partial charge in [-0.2, -0.15) is 18.3 Å². The van der Waals surface area contributed by atoms with Crippen molar-refractivity contribution in [2.45, 2.75) is 30.9 Å². The number of hydrogen-bond donors (Lipinski definition) is 1. The molecule has 0 aromatic carbocycles. The maximum atomic E-state index is 12.5. The van der Waals surface area contributed by atoms with Gasteiger partial charge in [-0.05, 0) is 18.9 Å². The molecule has 0 amide bonds. The lowest BCUT2D eigenvalue weighted by Crippen LogP contribution is -2.39. The summed E-state index contributed by atoms with van der Waals surface area (Å²) >= 11 is 0. The lowest BCUT2D eigenvalue weighted by atomic mass is 9.67. The zero-order valence-electron chi connectivity index (χ0n) is 8.88. The first-order chi connectivity index (χ1) is 7.39. The molecule has 0 radical (unpaired) electrons. The SMILES string of the molecule is Cn1nc(C(F)(F)F)cc1C1(CO)CCC1. The lowest BCUT2D eigenvalue weighted by Gasteiger charge is -2.40. The minimum absolute atomic E-state index is 0.121. The summed E-state index contributed by atoms with van der Waals surface area (Å²) in [6, 6.07) is 1.05. The van der Waals surface area contributed by atoms with E-state index in [1.54, 1.807) is 0 Å². The van der Waals surface area contributed by atoms with Crippen LogP contribution in [0.1, 0.15) is 30.7 Å². The van der Waals surface area contributed by atoms with Gasteiger partial charge in [0.25, 0.3) is 0 Å². The van der Waals surface area contributed by atoms with Crippen molar-refractivity contribution >= 4 is 0 Å². The molecule has 1 N–H and O–H groups in total. The monoisotopic (exact) mass is 234 g/mol. The summed E-state index contributed by atoms with van der Waals surface area (Å²) in [7, 11) is 1.49. The van der Waals surface area contributed by atoms with Crippen molar-refractivity contribution in [2.75, 3.05) is 6.61 Å². The van der Waals surface area contributed by atoms with Crippen LogP contribution in [0.4, 0.5) is 13.2 Å². The molecule has 0 aliphatic heterocycles. The molecule has 0 saturated heterocycles. The molecule has 0 atom stereocenters. The van der Waals surface area contributed by atoms with Gasteiger partial charge in [0.1, 0.15) is 0 Å². The van der Waals surface area contributed by atoms with Gasteiger partial charge in [0, 0.05) is 18.2 Å². The van der Waals surface area contributed by atoms with Crippen LogP contribution in [-0.4, -0.2) is 21.5 Å². The Labute approximate surface area is 90.9 Å². The number of alkyl halides is 3. The molecule has 6 heteroatoms. The molecule has 1 heterocycles. The van der Waals surface area contributed by atoms with E-state index >= 15 is 0 Å². The van der Waals surface area contributed by atoms with Gasteiger partial charge in [-0.1, -0.05) is 6.42 Å². The Hall–Kier alpha value is -1.04. The maximum absolute atomic E-state index is 12.5. The molecule has 1 fully saturated rings. The van der Waals surface area contributed by atoms with Crippen molar-refractivity contribution in [2.24, 2.45) is 7.05 Å². The summed E-state index contributed by atoms with van der Waals surface area (Å²) in [6.07, 6.45) is -2.04. The van der Waals surface area contributed by atoms with E-state index in [1.165, 1.54) is 11.7 Å². The van der Waals surface area contributed by atoms with Crippen molar-refractivity contribution in [3.8, 4) is 0 Å². The summed E-state index contributed by atoms with van der Waals surface area (Å²) in [4.78, 5) is 0. The zero-order valence-corrected chi connectivity index (χ0v) is 8.88. The normalized spacial score (nSPS) is 19.6. The summed E-state index contributed by atoms with van der Waals surface area (Å²) in [6.45, 7) is -0.121. The Kier molecular flexibility index (Phi) is 2.49. The van der Waals surface area contributed by atoms with Gasteiger partial charge in [0.2, 0.25) is 0 Å². The molecule has 0 bridgehead atoms. The fourth-order valence-corrected chi connectivity index (χ4v) is 2.20. The summed E-state index contributed by atoms with van der Waals surface area (Å²) in [5, 5.41) is 12.8. The minimum atomic E-state index is -4.42. The molecule has 1 aliphatic carbocycles. The number of halogens is 3. The Morgan fingerprint density at radius 2 is 2.12 bits per heavy atom. The van der Waals surface area contributed by atoms with Crippen molar-refractivity contribution in [3.63, 3.8) is 0 Å². The van der Waals surface area contributed by atoms with E-state index in [0.29, 0.717) is 5.69 Å². The van der Waals surface area contributed by atoms with Crippen molar-refractivity contribution < 1.29 is 18.3 Å². The first-order valence-corrected chi connectivity index (χ1v) is 5.12. The molecular formula is C10H13F3N2O. The van der Waals surface area contributed by atoms with E-state index < -0.39 is 17.3 Å². The second-order valence-corrected chi connectivity index (χ2v) is 4.33. The number of aromatic nitrogens is 2. The summed E-state index contributed by atoms with van der Waals surface area (Å²) in [5.74, 6) is 0. The van der Waals surface area contributed by atoms with Crippen LogP contribution >= 0.6 is 0 Å². The third-order valence-electron chi connectivity index (χ3n) is 3.33. The number of aryl methyl sites for hydroxylation is 1. The predicted molar refractivity (Wildman–Crippen MR) is 50.8 cm³/mol. The molecule has 2 rings (SSSR count). The number of hydrogen-bond acceptors (Lipinski definition) is 2. The molecule has 1 aromatic rings. The highest BCUT2D eigenvalue weighted by Crippen LogP contribution is 2.44. The van der Waals surface area contributed by atoms with Gasteiger partial charge in [-0.15, -0.1) is 0 Å². The number of rotatable bonds is 2. The van der Waals surface area contributed by atoms with Crippen LogP contribution in [0.5, 0.6) is 0 Å². The standard InChI is InChI=1S/C10H13F3N2O/c1-15-8(9(6-16)3-2-4-9)5-7(14-15)10(11,12)13/h5,16H,2-4,6H2,1H3. The van der Waals surface area contributed by atoms with Gasteiger partial charge in [0.15, 0.2) is 5.69 Å². The lowest BCUT2D eigenvalue weighted by molar-refractivity contribution is -0.141. The number of aliphatic hydroxyl groups is 1. The highest BCUT2D eigenvalue weighted by atomic mass is 19.4. The topological polar surface area (TPSA) is 38.0 Å². The fourth-order valence-electron chi connectivity index (χ4n) is 2.20. The van der Waals surface area contributed by atoms with Crippen LogP contribution in [0.3, 0.4) is 0 Å². The van der Waals surface area contributed by atoms with Crippen LogP contribution in [0.15, 0.2) is 6.07 Å². The van der Waals surface area contributed by atoms with Crippen molar-refractivity contribution in [1.82, 2.24) is 9.78 Å². The third-order valence-corrected chi connectivity index (χ3v) is 3.33. The molecular weight excluding hydrogens is 221 g/mol. The van der Waals surface area contributed by atoms with Crippen molar-refractivity contribution in [3.05, 3.63) is 17.5 Å². The Morgan fingerprint density at radius 3 is 2.44 bits per heavy atom. The Morgan fingerprint density at radius 1 is 1.50 bits per heavy atom. The molecule has 1 saturated carbocycles. The molecule has 0 spiro atoms. The van der Waals surface area contributed by atoms with Crippen LogP contribution in [-0.2, 0) is 18.6 Å². The summed E-state index contributed by atoms with van der Waals surface area (Å²) in [5.41, 5.74) is -0.913. The second-order valence-electron chi connectivity index (χ2n) is 4.33. The molecule has 90 valence electrons. The molecule has 16 heavy (non-hydrogen) atoms. The highest BCUT2D eigenvalue weighted by molar-refractivity contribution is 5.25. The van der Waals surface area contributed by atoms with Crippen LogP contribution in [0, 0.1) is 0 Å². The average Bonchev–Trinajstić information content (AvgIpc) is 2.47. The molecule has 3 nitrogen and oxygen atoms in total. The van der Waals surface area contributed by atoms with Crippen LogP contribution in [0.25, 0.3) is 0 Å². The molecule has 0 unspecified atom stereocenters. The van der Waals surface area contributed by atoms with Gasteiger partial charge in [-0.25, -0.2) is 0 Å². The Balaban J connectivity index is 2.39. The summed E-state index contributed by atoms with van der Waals surface area (Å²) < 4.78 is 38.6. The van der Waals surface area contributed by atoms with E-state index in [1.807, 2.05) is 0 Å². The number of nitrogens with zero attached hydrogens (tertiary/aromatic N) is 2. The van der Waals surface area contributed by atoms with Crippen LogP contribution < -0.4 is 0 Å². The van der Waals surface area contributed by atoms with E-state index in [9.17, 15) is 18.3 Å². The third kappa shape index (κ3) is 1.61. The van der Waals surface area contributed by atoms with Crippen molar-refractivity contribution in [1.29, 1.82) is 0 Å². The average molecular weight is 234 g/mol. The van der Waals surface area contributed by atoms with Gasteiger partial charge < -0.3 is 5.11 Å². The van der Waals surface area contributed by atoms with E-state index in [0.717, 1.165) is 25.3 Å². The first kappa shape index (κ1) is 11.4. The Bertz CT molecular complexity index is 388. The zero-order chi connectivity index (χ0) is 12.0. The van der Waals surface area contributed by atoms with E-state index in [2.05, 4.69) is 5.10 Å². The quantitative estimate of drug-likeness (QED) is 0.848. The molecule has 1 aromatic heterocycles. The second kappa shape index (κ2) is 3.48. The smallest absolute Gasteiger partial charge is 0.395 e. The van der Waals surface area contributed by atoms with E-state index in [4.69, 9.17) is 0 Å². The maximum Gasteiger partial charge on any atom is 0.435 e. The van der Waals surface area contributed by atoms with Gasteiger partial charge in [-0.3, -0.25) is 4.68 Å². The van der Waals surface area contributed by atoms with Gasteiger partial charge >= 0.3 is 6.18 Å². The first-order valence-electron chi connectivity index (χ1n) is 5.12. The highest BCUT2D eigenvalue weighted by Gasteiger charge is 2.43. The van der Waals surface area contributed by atoms with Crippen LogP contribution in [0.2, 0.25) is 0 Å². The largest absolute Gasteiger partial charge is 0.435 e. The fraction of sp³-hybridized carbons (Fsp3) is 0.700. The van der Waals surface area contributed by atoms with E-state index in [-0.39, 0.29) is 6.61 Å². The number of aliphatic hydroxyl groups excluding tert-OH is 1. The van der Waals surface area contributed by atoms with Gasteiger partial charge in [0.05, 0.1) is 6.61 Å².